The first-order chi connectivity index (χ1) is 6.77. The molecule has 2 nitrogen and oxygen atoms in total. The number of thioether (sulfide) groups is 1. The van der Waals surface area contributed by atoms with Crippen molar-refractivity contribution in [1.29, 1.82) is 0 Å². The molecule has 3 N–H and O–H groups in total. The Balaban J connectivity index is 2.64. The number of benzene rings is 1. The van der Waals surface area contributed by atoms with Crippen LogP contribution in [-0.2, 0) is 0 Å². The van der Waals surface area contributed by atoms with Gasteiger partial charge in [0.2, 0.25) is 0 Å². The quantitative estimate of drug-likeness (QED) is 0.783. The van der Waals surface area contributed by atoms with Gasteiger partial charge in [-0.3, -0.25) is 0 Å². The minimum absolute atomic E-state index is 0.141. The molecule has 0 aromatic heterocycles. The van der Waals surface area contributed by atoms with Crippen LogP contribution in [0.15, 0.2) is 24.3 Å². The SMILES string of the molecule is NCC(SCCO)c1ccc(F)cc1. The maximum Gasteiger partial charge on any atom is 0.123 e. The van der Waals surface area contributed by atoms with Crippen LogP contribution in [0.3, 0.4) is 0 Å². The van der Waals surface area contributed by atoms with Gasteiger partial charge in [0.25, 0.3) is 0 Å². The fourth-order valence-corrected chi connectivity index (χ4v) is 2.05. The predicted molar refractivity (Wildman–Crippen MR) is 57.7 cm³/mol. The van der Waals surface area contributed by atoms with Crippen LogP contribution >= 0.6 is 11.8 Å². The average Bonchev–Trinajstić information content (AvgIpc) is 2.21. The van der Waals surface area contributed by atoms with Crippen LogP contribution in [0, 0.1) is 5.82 Å². The highest BCUT2D eigenvalue weighted by Gasteiger charge is 2.09. The summed E-state index contributed by atoms with van der Waals surface area (Å²) in [6.07, 6.45) is 0. The van der Waals surface area contributed by atoms with E-state index in [1.165, 1.54) is 12.1 Å². The van der Waals surface area contributed by atoms with Gasteiger partial charge in [-0.1, -0.05) is 12.1 Å². The second-order valence-electron chi connectivity index (χ2n) is 2.87. The molecule has 1 unspecified atom stereocenters. The van der Waals surface area contributed by atoms with Crippen LogP contribution in [0.25, 0.3) is 0 Å². The van der Waals surface area contributed by atoms with Gasteiger partial charge in [0.05, 0.1) is 6.61 Å². The topological polar surface area (TPSA) is 46.2 Å². The molecule has 0 aliphatic rings. The molecule has 0 spiro atoms. The van der Waals surface area contributed by atoms with Gasteiger partial charge in [0.1, 0.15) is 5.82 Å². The predicted octanol–water partition coefficient (Wildman–Crippen LogP) is 1.55. The van der Waals surface area contributed by atoms with Crippen LogP contribution in [0.4, 0.5) is 4.39 Å². The highest BCUT2D eigenvalue weighted by molar-refractivity contribution is 7.99. The monoisotopic (exact) mass is 215 g/mol. The number of rotatable bonds is 5. The summed E-state index contributed by atoms with van der Waals surface area (Å²) in [6.45, 7) is 0.638. The molecule has 0 aliphatic heterocycles. The minimum Gasteiger partial charge on any atom is -0.396 e. The number of hydrogen-bond acceptors (Lipinski definition) is 3. The Bertz CT molecular complexity index is 265. The van der Waals surface area contributed by atoms with E-state index in [1.54, 1.807) is 23.9 Å². The normalized spacial score (nSPS) is 12.8. The van der Waals surface area contributed by atoms with Crippen LogP contribution < -0.4 is 5.73 Å². The van der Waals surface area contributed by atoms with E-state index in [0.717, 1.165) is 5.56 Å². The summed E-state index contributed by atoms with van der Waals surface area (Å²) in [7, 11) is 0. The third-order valence-corrected chi connectivity index (χ3v) is 3.15. The van der Waals surface area contributed by atoms with Crippen LogP contribution in [0.5, 0.6) is 0 Å². The van der Waals surface area contributed by atoms with Gasteiger partial charge in [-0.05, 0) is 17.7 Å². The highest BCUT2D eigenvalue weighted by atomic mass is 32.2. The summed E-state index contributed by atoms with van der Waals surface area (Å²) < 4.78 is 12.6. The summed E-state index contributed by atoms with van der Waals surface area (Å²) >= 11 is 1.58. The minimum atomic E-state index is -0.239. The van der Waals surface area contributed by atoms with Crippen molar-refractivity contribution in [3.8, 4) is 0 Å². The zero-order chi connectivity index (χ0) is 10.4. The van der Waals surface area contributed by atoms with Crippen molar-refractivity contribution in [2.75, 3.05) is 18.9 Å². The molecule has 0 fully saturated rings. The number of aliphatic hydroxyl groups excluding tert-OH is 1. The molecular formula is C10H14FNOS. The third-order valence-electron chi connectivity index (χ3n) is 1.87. The summed E-state index contributed by atoms with van der Waals surface area (Å²) in [5.74, 6) is 0.413. The first kappa shape index (κ1) is 11.5. The molecule has 1 aromatic carbocycles. The molecule has 4 heteroatoms. The van der Waals surface area contributed by atoms with Gasteiger partial charge in [-0.25, -0.2) is 4.39 Å². The van der Waals surface area contributed by atoms with E-state index < -0.39 is 0 Å². The second kappa shape index (κ2) is 6.01. The molecule has 1 atom stereocenters. The van der Waals surface area contributed by atoms with E-state index in [4.69, 9.17) is 10.8 Å². The Labute approximate surface area is 87.3 Å². The first-order valence-corrected chi connectivity index (χ1v) is 5.50. The largest absolute Gasteiger partial charge is 0.396 e. The number of nitrogens with two attached hydrogens (primary N) is 1. The van der Waals surface area contributed by atoms with E-state index in [9.17, 15) is 4.39 Å². The lowest BCUT2D eigenvalue weighted by molar-refractivity contribution is 0.322. The Kier molecular flexibility index (Phi) is 4.93. The van der Waals surface area contributed by atoms with Crippen molar-refractivity contribution in [1.82, 2.24) is 0 Å². The number of aliphatic hydroxyl groups is 1. The van der Waals surface area contributed by atoms with Crippen molar-refractivity contribution in [3.63, 3.8) is 0 Å². The zero-order valence-electron chi connectivity index (χ0n) is 7.82. The standard InChI is InChI=1S/C10H14FNOS/c11-9-3-1-8(2-4-9)10(7-12)14-6-5-13/h1-4,10,13H,5-7,12H2. The molecule has 0 bridgehead atoms. The Morgan fingerprint density at radius 2 is 2.00 bits per heavy atom. The van der Waals surface area contributed by atoms with E-state index in [0.29, 0.717) is 12.3 Å². The van der Waals surface area contributed by atoms with Gasteiger partial charge in [0.15, 0.2) is 0 Å². The maximum absolute atomic E-state index is 12.6. The molecule has 0 saturated carbocycles. The Morgan fingerprint density at radius 1 is 1.36 bits per heavy atom. The maximum atomic E-state index is 12.6. The molecule has 1 aromatic rings. The Hall–Kier alpha value is -0.580. The summed E-state index contributed by atoms with van der Waals surface area (Å²) in [6, 6.07) is 6.32. The van der Waals surface area contributed by atoms with Crippen molar-refractivity contribution in [2.45, 2.75) is 5.25 Å². The van der Waals surface area contributed by atoms with Crippen molar-refractivity contribution >= 4 is 11.8 Å². The van der Waals surface area contributed by atoms with Gasteiger partial charge >= 0.3 is 0 Å². The van der Waals surface area contributed by atoms with E-state index in [-0.39, 0.29) is 17.7 Å². The summed E-state index contributed by atoms with van der Waals surface area (Å²) in [5, 5.41) is 8.82. The molecule has 0 saturated heterocycles. The lowest BCUT2D eigenvalue weighted by atomic mass is 10.1. The van der Waals surface area contributed by atoms with Crippen molar-refractivity contribution in [3.05, 3.63) is 35.6 Å². The fourth-order valence-electron chi connectivity index (χ4n) is 1.17. The van der Waals surface area contributed by atoms with E-state index in [2.05, 4.69) is 0 Å². The van der Waals surface area contributed by atoms with Crippen LogP contribution in [0.1, 0.15) is 10.8 Å². The second-order valence-corrected chi connectivity index (χ2v) is 4.18. The van der Waals surface area contributed by atoms with Crippen LogP contribution in [0.2, 0.25) is 0 Å². The fraction of sp³-hybridized carbons (Fsp3) is 0.400. The van der Waals surface area contributed by atoms with Crippen LogP contribution in [-0.4, -0.2) is 24.0 Å². The third kappa shape index (κ3) is 3.29. The molecule has 78 valence electrons. The van der Waals surface area contributed by atoms with Gasteiger partial charge < -0.3 is 10.8 Å². The van der Waals surface area contributed by atoms with Gasteiger partial charge in [-0.2, -0.15) is 11.8 Å². The number of halogens is 1. The van der Waals surface area contributed by atoms with Crippen molar-refractivity contribution < 1.29 is 9.50 Å². The highest BCUT2D eigenvalue weighted by Crippen LogP contribution is 2.27. The lowest BCUT2D eigenvalue weighted by Crippen LogP contribution is -2.10. The molecule has 0 amide bonds. The molecule has 1 rings (SSSR count). The van der Waals surface area contributed by atoms with E-state index >= 15 is 0 Å². The molecular weight excluding hydrogens is 201 g/mol. The van der Waals surface area contributed by atoms with Gasteiger partial charge in [-0.15, -0.1) is 0 Å². The van der Waals surface area contributed by atoms with Crippen molar-refractivity contribution in [2.24, 2.45) is 5.73 Å². The summed E-state index contributed by atoms with van der Waals surface area (Å²) in [4.78, 5) is 0. The lowest BCUT2D eigenvalue weighted by Gasteiger charge is -2.13. The zero-order valence-corrected chi connectivity index (χ0v) is 8.64. The molecule has 0 heterocycles. The number of hydrogen-bond donors (Lipinski definition) is 2. The summed E-state index contributed by atoms with van der Waals surface area (Å²) in [5.41, 5.74) is 6.59. The smallest absolute Gasteiger partial charge is 0.123 e. The van der Waals surface area contributed by atoms with Gasteiger partial charge in [0, 0.05) is 17.5 Å². The Morgan fingerprint density at radius 3 is 2.50 bits per heavy atom. The average molecular weight is 215 g/mol. The molecule has 14 heavy (non-hydrogen) atoms. The van der Waals surface area contributed by atoms with E-state index in [1.807, 2.05) is 0 Å². The molecule has 0 aliphatic carbocycles. The first-order valence-electron chi connectivity index (χ1n) is 4.46. The molecule has 0 radical (unpaired) electrons.